The van der Waals surface area contributed by atoms with Gasteiger partial charge in [-0.1, -0.05) is 18.2 Å². The number of rotatable bonds is 5. The lowest BCUT2D eigenvalue weighted by Gasteiger charge is -2.13. The second-order valence-corrected chi connectivity index (χ2v) is 5.45. The summed E-state index contributed by atoms with van der Waals surface area (Å²) in [5.41, 5.74) is -1.96. The Labute approximate surface area is 157 Å². The first kappa shape index (κ1) is 20.4. The number of carbonyl (C=O) groups is 1. The van der Waals surface area contributed by atoms with Gasteiger partial charge in [-0.15, -0.1) is 0 Å². The second kappa shape index (κ2) is 8.22. The van der Waals surface area contributed by atoms with Crippen molar-refractivity contribution in [1.82, 2.24) is 0 Å². The van der Waals surface area contributed by atoms with Crippen molar-refractivity contribution < 1.29 is 22.9 Å². The summed E-state index contributed by atoms with van der Waals surface area (Å²) in [6.45, 7) is 0. The number of nitro benzene ring substituents is 1. The second-order valence-electron chi connectivity index (χ2n) is 5.45. The van der Waals surface area contributed by atoms with Crippen LogP contribution in [0.5, 0.6) is 0 Å². The Bertz CT molecular complexity index is 994. The molecule has 28 heavy (non-hydrogen) atoms. The predicted octanol–water partition coefficient (Wildman–Crippen LogP) is 4.20. The lowest BCUT2D eigenvalue weighted by atomic mass is 10.1. The van der Waals surface area contributed by atoms with Crippen LogP contribution in [0, 0.1) is 21.4 Å². The summed E-state index contributed by atoms with van der Waals surface area (Å²) in [6.07, 6.45) is -3.64. The minimum atomic E-state index is -4.69. The molecule has 2 rings (SSSR count). The molecule has 144 valence electrons. The maximum absolute atomic E-state index is 13.0. The van der Waals surface area contributed by atoms with E-state index in [1.807, 2.05) is 0 Å². The molecular weight excluding hydrogens is 377 g/mol. The molecule has 10 heteroatoms. The fourth-order valence-corrected chi connectivity index (χ4v) is 2.35. The summed E-state index contributed by atoms with van der Waals surface area (Å²) in [5.74, 6) is -1.07. The van der Waals surface area contributed by atoms with E-state index in [-0.39, 0.29) is 16.9 Å². The summed E-state index contributed by atoms with van der Waals surface area (Å²) < 4.78 is 39.1. The van der Waals surface area contributed by atoms with E-state index in [0.717, 1.165) is 24.3 Å². The SMILES string of the molecule is CNc1ccc(/C=C(\C#N)C(=O)Nc2ccccc2C(F)(F)F)cc1[N+](=O)[O-]. The quantitative estimate of drug-likeness (QED) is 0.344. The van der Waals surface area contributed by atoms with Crippen LogP contribution in [-0.2, 0) is 11.0 Å². The number of nitrogens with one attached hydrogen (secondary N) is 2. The maximum atomic E-state index is 13.0. The van der Waals surface area contributed by atoms with Crippen LogP contribution in [0.1, 0.15) is 11.1 Å². The van der Waals surface area contributed by atoms with E-state index in [1.165, 1.54) is 31.3 Å². The van der Waals surface area contributed by atoms with Gasteiger partial charge in [0.1, 0.15) is 17.3 Å². The lowest BCUT2D eigenvalue weighted by molar-refractivity contribution is -0.384. The van der Waals surface area contributed by atoms with Gasteiger partial charge in [0.05, 0.1) is 16.2 Å². The number of amides is 1. The number of hydrogen-bond acceptors (Lipinski definition) is 5. The summed E-state index contributed by atoms with van der Waals surface area (Å²) in [7, 11) is 1.49. The maximum Gasteiger partial charge on any atom is 0.418 e. The van der Waals surface area contributed by atoms with E-state index in [1.54, 1.807) is 6.07 Å². The van der Waals surface area contributed by atoms with Crippen LogP contribution in [0.2, 0.25) is 0 Å². The molecule has 7 nitrogen and oxygen atoms in total. The van der Waals surface area contributed by atoms with Gasteiger partial charge in [0.2, 0.25) is 0 Å². The lowest BCUT2D eigenvalue weighted by Crippen LogP contribution is -2.17. The van der Waals surface area contributed by atoms with Crippen molar-refractivity contribution in [2.75, 3.05) is 17.7 Å². The van der Waals surface area contributed by atoms with Crippen LogP contribution >= 0.6 is 0 Å². The average molecular weight is 390 g/mol. The van der Waals surface area contributed by atoms with E-state index in [0.29, 0.717) is 0 Å². The van der Waals surface area contributed by atoms with Gasteiger partial charge in [0, 0.05) is 13.1 Å². The number of nitrogens with zero attached hydrogens (tertiary/aromatic N) is 2. The van der Waals surface area contributed by atoms with Gasteiger partial charge in [-0.2, -0.15) is 18.4 Å². The van der Waals surface area contributed by atoms with Crippen molar-refractivity contribution in [3.05, 3.63) is 69.3 Å². The molecule has 0 fully saturated rings. The number of hydrogen-bond donors (Lipinski definition) is 2. The minimum Gasteiger partial charge on any atom is -0.383 e. The van der Waals surface area contributed by atoms with E-state index >= 15 is 0 Å². The Morgan fingerprint density at radius 1 is 1.21 bits per heavy atom. The molecule has 0 radical (unpaired) electrons. The standard InChI is InChI=1S/C18H13F3N4O3/c1-23-15-7-6-11(9-16(15)25(27)28)8-12(10-22)17(26)24-14-5-3-2-4-13(14)18(19,20)21/h2-9,23H,1H3,(H,24,26)/b12-8+. The Morgan fingerprint density at radius 2 is 1.89 bits per heavy atom. The van der Waals surface area contributed by atoms with Crippen molar-refractivity contribution in [2.45, 2.75) is 6.18 Å². The fourth-order valence-electron chi connectivity index (χ4n) is 2.35. The van der Waals surface area contributed by atoms with Crippen molar-refractivity contribution in [3.63, 3.8) is 0 Å². The molecule has 2 aromatic carbocycles. The number of benzene rings is 2. The molecule has 0 heterocycles. The molecule has 0 aliphatic heterocycles. The molecule has 0 aromatic heterocycles. The summed E-state index contributed by atoms with van der Waals surface area (Å²) in [5, 5.41) is 25.0. The van der Waals surface area contributed by atoms with Gasteiger partial charge in [0.15, 0.2) is 0 Å². The van der Waals surface area contributed by atoms with E-state index in [2.05, 4.69) is 10.6 Å². The molecule has 0 bridgehead atoms. The molecule has 0 spiro atoms. The summed E-state index contributed by atoms with van der Waals surface area (Å²) in [6, 6.07) is 9.87. The first-order chi connectivity index (χ1) is 13.2. The number of halogens is 3. The van der Waals surface area contributed by atoms with Gasteiger partial charge in [-0.25, -0.2) is 0 Å². The Balaban J connectivity index is 2.37. The molecule has 2 N–H and O–H groups in total. The number of para-hydroxylation sites is 1. The molecular formula is C18H13F3N4O3. The number of nitro groups is 1. The number of nitriles is 1. The van der Waals surface area contributed by atoms with E-state index in [4.69, 9.17) is 0 Å². The number of anilines is 2. The Hall–Kier alpha value is -3.87. The molecule has 0 saturated carbocycles. The highest BCUT2D eigenvalue weighted by atomic mass is 19.4. The van der Waals surface area contributed by atoms with Crippen LogP contribution in [-0.4, -0.2) is 17.9 Å². The normalized spacial score (nSPS) is 11.5. The zero-order chi connectivity index (χ0) is 20.9. The average Bonchev–Trinajstić information content (AvgIpc) is 2.65. The van der Waals surface area contributed by atoms with E-state index in [9.17, 15) is 33.3 Å². The third kappa shape index (κ3) is 4.64. The van der Waals surface area contributed by atoms with Gasteiger partial charge in [-0.05, 0) is 29.8 Å². The largest absolute Gasteiger partial charge is 0.418 e. The molecule has 0 atom stereocenters. The summed E-state index contributed by atoms with van der Waals surface area (Å²) >= 11 is 0. The summed E-state index contributed by atoms with van der Waals surface area (Å²) in [4.78, 5) is 22.7. The fraction of sp³-hybridized carbons (Fsp3) is 0.111. The van der Waals surface area contributed by atoms with Gasteiger partial charge in [0.25, 0.3) is 11.6 Å². The molecule has 1 amide bonds. The van der Waals surface area contributed by atoms with Crippen LogP contribution in [0.25, 0.3) is 6.08 Å². The van der Waals surface area contributed by atoms with Gasteiger partial charge < -0.3 is 10.6 Å². The molecule has 0 aliphatic rings. The van der Waals surface area contributed by atoms with Crippen molar-refractivity contribution in [1.29, 1.82) is 5.26 Å². The van der Waals surface area contributed by atoms with Crippen LogP contribution in [0.4, 0.5) is 30.2 Å². The Kier molecular flexibility index (Phi) is 6.00. The highest BCUT2D eigenvalue weighted by Gasteiger charge is 2.33. The monoisotopic (exact) mass is 390 g/mol. The topological polar surface area (TPSA) is 108 Å². The van der Waals surface area contributed by atoms with E-state index < -0.39 is 33.8 Å². The highest BCUT2D eigenvalue weighted by molar-refractivity contribution is 6.10. The third-order valence-corrected chi connectivity index (χ3v) is 3.64. The Morgan fingerprint density at radius 3 is 2.46 bits per heavy atom. The highest BCUT2D eigenvalue weighted by Crippen LogP contribution is 2.34. The minimum absolute atomic E-state index is 0.168. The zero-order valence-electron chi connectivity index (χ0n) is 14.4. The van der Waals surface area contributed by atoms with Gasteiger partial charge in [-0.3, -0.25) is 14.9 Å². The third-order valence-electron chi connectivity index (χ3n) is 3.64. The molecule has 2 aromatic rings. The number of alkyl halides is 3. The molecule has 0 saturated heterocycles. The molecule has 0 unspecified atom stereocenters. The number of carbonyl (C=O) groups excluding carboxylic acids is 1. The van der Waals surface area contributed by atoms with Crippen molar-refractivity contribution >= 4 is 29.0 Å². The van der Waals surface area contributed by atoms with Crippen LogP contribution in [0.3, 0.4) is 0 Å². The first-order valence-corrected chi connectivity index (χ1v) is 7.73. The smallest absolute Gasteiger partial charge is 0.383 e. The first-order valence-electron chi connectivity index (χ1n) is 7.73. The zero-order valence-corrected chi connectivity index (χ0v) is 14.4. The molecule has 0 aliphatic carbocycles. The predicted molar refractivity (Wildman–Crippen MR) is 96.3 cm³/mol. The van der Waals surface area contributed by atoms with Crippen molar-refractivity contribution in [3.8, 4) is 6.07 Å². The van der Waals surface area contributed by atoms with Crippen molar-refractivity contribution in [2.24, 2.45) is 0 Å². The van der Waals surface area contributed by atoms with Crippen LogP contribution < -0.4 is 10.6 Å². The van der Waals surface area contributed by atoms with Crippen LogP contribution in [0.15, 0.2) is 48.0 Å². The van der Waals surface area contributed by atoms with Gasteiger partial charge >= 0.3 is 6.18 Å².